The molecular formula is C19H17F3N4O3S2. The minimum absolute atomic E-state index is 0.0191. The van der Waals surface area contributed by atoms with Gasteiger partial charge in [-0.05, 0) is 5.56 Å². The molecule has 0 saturated heterocycles. The molecule has 0 unspecified atom stereocenters. The lowest BCUT2D eigenvalue weighted by Crippen LogP contribution is -2.20. The molecule has 0 radical (unpaired) electrons. The van der Waals surface area contributed by atoms with Crippen LogP contribution in [0.4, 0.5) is 18.3 Å². The molecule has 7 nitrogen and oxygen atoms in total. The molecule has 2 heterocycles. The Bertz CT molecular complexity index is 1050. The third-order valence-corrected chi connectivity index (χ3v) is 5.71. The Kier molecular flexibility index (Phi) is 7.33. The van der Waals surface area contributed by atoms with Gasteiger partial charge in [-0.1, -0.05) is 42.1 Å². The van der Waals surface area contributed by atoms with E-state index in [-0.39, 0.29) is 22.5 Å². The number of aromatic nitrogens is 3. The molecule has 0 aliphatic rings. The number of ether oxygens (including phenoxy) is 1. The molecular weight excluding hydrogens is 453 g/mol. The average Bonchev–Trinajstić information content (AvgIpc) is 3.32. The van der Waals surface area contributed by atoms with Crippen LogP contribution in [-0.2, 0) is 27.3 Å². The summed E-state index contributed by atoms with van der Waals surface area (Å²) in [6.07, 6.45) is -3.10. The number of nitrogens with zero attached hydrogens (tertiary/aromatic N) is 3. The maximum Gasteiger partial charge on any atom is 0.406 e. The van der Waals surface area contributed by atoms with Crippen LogP contribution in [0.15, 0.2) is 47.1 Å². The Labute approximate surface area is 183 Å². The number of nitrogens with one attached hydrogen (secondary N) is 1. The van der Waals surface area contributed by atoms with Gasteiger partial charge in [0.2, 0.25) is 5.91 Å². The summed E-state index contributed by atoms with van der Waals surface area (Å²) < 4.78 is 45.0. The zero-order valence-electron chi connectivity index (χ0n) is 16.2. The third-order valence-electron chi connectivity index (χ3n) is 3.91. The van der Waals surface area contributed by atoms with Gasteiger partial charge in [0.25, 0.3) is 0 Å². The van der Waals surface area contributed by atoms with Crippen molar-refractivity contribution in [3.8, 4) is 11.3 Å². The number of esters is 1. The molecule has 0 saturated carbocycles. The van der Waals surface area contributed by atoms with Crippen LogP contribution in [0.25, 0.3) is 11.3 Å². The average molecular weight is 470 g/mol. The Hall–Kier alpha value is -2.86. The SMILES string of the molecule is COC(=O)Cc1csc(NC(=O)CSc2ncc(-c3ccccc3)n2CC(F)(F)F)n1. The highest BCUT2D eigenvalue weighted by atomic mass is 32.2. The molecule has 0 aliphatic heterocycles. The van der Waals surface area contributed by atoms with Crippen LogP contribution in [0, 0.1) is 0 Å². The lowest BCUT2D eigenvalue weighted by Gasteiger charge is -2.14. The number of methoxy groups -OCH3 is 1. The summed E-state index contributed by atoms with van der Waals surface area (Å²) in [5.41, 5.74) is 1.36. The van der Waals surface area contributed by atoms with Crippen LogP contribution in [-0.4, -0.2) is 45.5 Å². The van der Waals surface area contributed by atoms with Crippen LogP contribution < -0.4 is 5.32 Å². The number of imidazole rings is 1. The fourth-order valence-corrected chi connectivity index (χ4v) is 4.10. The number of hydrogen-bond acceptors (Lipinski definition) is 7. The molecule has 1 N–H and O–H groups in total. The van der Waals surface area contributed by atoms with Crippen molar-refractivity contribution in [3.63, 3.8) is 0 Å². The van der Waals surface area contributed by atoms with Gasteiger partial charge in [0.05, 0.1) is 36.9 Å². The standard InChI is InChI=1S/C19H17F3N4O3S2/c1-29-16(28)7-13-9-30-17(24-13)25-15(27)10-31-18-23-8-14(12-5-3-2-4-6-12)26(18)11-19(20,21)22/h2-6,8-9H,7,10-11H2,1H3,(H,24,25,27). The van der Waals surface area contributed by atoms with E-state index in [1.54, 1.807) is 35.7 Å². The maximum absolute atomic E-state index is 13.1. The summed E-state index contributed by atoms with van der Waals surface area (Å²) >= 11 is 2.03. The van der Waals surface area contributed by atoms with Crippen molar-refractivity contribution in [2.45, 2.75) is 24.3 Å². The third kappa shape index (κ3) is 6.56. The molecule has 0 aliphatic carbocycles. The number of hydrogen-bond donors (Lipinski definition) is 1. The van der Waals surface area contributed by atoms with E-state index < -0.39 is 24.6 Å². The molecule has 2 aromatic heterocycles. The highest BCUT2D eigenvalue weighted by Gasteiger charge is 2.31. The van der Waals surface area contributed by atoms with E-state index in [2.05, 4.69) is 20.0 Å². The van der Waals surface area contributed by atoms with Crippen LogP contribution in [0.1, 0.15) is 5.69 Å². The smallest absolute Gasteiger partial charge is 0.406 e. The second-order valence-corrected chi connectivity index (χ2v) is 8.03. The van der Waals surface area contributed by atoms with E-state index in [1.165, 1.54) is 13.3 Å². The number of benzene rings is 1. The number of alkyl halides is 3. The maximum atomic E-state index is 13.1. The van der Waals surface area contributed by atoms with E-state index in [4.69, 9.17) is 0 Å². The molecule has 12 heteroatoms. The monoisotopic (exact) mass is 470 g/mol. The molecule has 3 aromatic rings. The van der Waals surface area contributed by atoms with Gasteiger partial charge in [0.1, 0.15) is 6.54 Å². The van der Waals surface area contributed by atoms with Crippen molar-refractivity contribution in [2.75, 3.05) is 18.2 Å². The Balaban J connectivity index is 1.67. The minimum Gasteiger partial charge on any atom is -0.469 e. The van der Waals surface area contributed by atoms with E-state index in [0.717, 1.165) is 27.7 Å². The van der Waals surface area contributed by atoms with Crippen molar-refractivity contribution >= 4 is 40.1 Å². The summed E-state index contributed by atoms with van der Waals surface area (Å²) in [5, 5.41) is 4.54. The Morgan fingerprint density at radius 3 is 2.68 bits per heavy atom. The number of amides is 1. The molecule has 0 atom stereocenters. The topological polar surface area (TPSA) is 86.1 Å². The number of rotatable bonds is 8. The molecule has 0 fully saturated rings. The number of anilines is 1. The summed E-state index contributed by atoms with van der Waals surface area (Å²) in [4.78, 5) is 31.7. The van der Waals surface area contributed by atoms with E-state index in [0.29, 0.717) is 17.0 Å². The highest BCUT2D eigenvalue weighted by molar-refractivity contribution is 7.99. The van der Waals surface area contributed by atoms with Gasteiger partial charge in [0.15, 0.2) is 10.3 Å². The summed E-state index contributed by atoms with van der Waals surface area (Å²) in [7, 11) is 1.26. The van der Waals surface area contributed by atoms with Crippen LogP contribution >= 0.6 is 23.1 Å². The van der Waals surface area contributed by atoms with Gasteiger partial charge in [-0.2, -0.15) is 13.2 Å². The highest BCUT2D eigenvalue weighted by Crippen LogP contribution is 2.30. The Morgan fingerprint density at radius 2 is 2.00 bits per heavy atom. The fraction of sp³-hybridized carbons (Fsp3) is 0.263. The first kappa shape index (κ1) is 22.8. The minimum atomic E-state index is -4.45. The van der Waals surface area contributed by atoms with Crippen LogP contribution in [0.5, 0.6) is 0 Å². The second-order valence-electron chi connectivity index (χ2n) is 6.23. The number of thiazole rings is 1. The first-order valence-electron chi connectivity index (χ1n) is 8.86. The molecule has 164 valence electrons. The number of carbonyl (C=O) groups excluding carboxylic acids is 2. The van der Waals surface area contributed by atoms with Crippen molar-refractivity contribution in [1.29, 1.82) is 0 Å². The lowest BCUT2D eigenvalue weighted by molar-refractivity contribution is -0.142. The van der Waals surface area contributed by atoms with Crippen molar-refractivity contribution in [3.05, 3.63) is 47.6 Å². The van der Waals surface area contributed by atoms with Crippen LogP contribution in [0.3, 0.4) is 0 Å². The van der Waals surface area contributed by atoms with Crippen molar-refractivity contribution in [2.24, 2.45) is 0 Å². The zero-order valence-corrected chi connectivity index (χ0v) is 17.8. The van der Waals surface area contributed by atoms with Gasteiger partial charge >= 0.3 is 12.1 Å². The largest absolute Gasteiger partial charge is 0.469 e. The first-order chi connectivity index (χ1) is 14.7. The second kappa shape index (κ2) is 9.96. The fourth-order valence-electron chi connectivity index (χ4n) is 2.60. The van der Waals surface area contributed by atoms with Crippen molar-refractivity contribution < 1.29 is 27.5 Å². The molecule has 3 rings (SSSR count). The van der Waals surface area contributed by atoms with E-state index >= 15 is 0 Å². The molecule has 1 aromatic carbocycles. The summed E-state index contributed by atoms with van der Waals surface area (Å²) in [5.74, 6) is -1.06. The predicted molar refractivity (Wildman–Crippen MR) is 111 cm³/mol. The molecule has 0 spiro atoms. The zero-order chi connectivity index (χ0) is 22.4. The number of carbonyl (C=O) groups is 2. The molecule has 1 amide bonds. The van der Waals surface area contributed by atoms with E-state index in [9.17, 15) is 22.8 Å². The van der Waals surface area contributed by atoms with Gasteiger partial charge in [-0.3, -0.25) is 9.59 Å². The van der Waals surface area contributed by atoms with Gasteiger partial charge in [-0.15, -0.1) is 11.3 Å². The van der Waals surface area contributed by atoms with Gasteiger partial charge in [-0.25, -0.2) is 9.97 Å². The Morgan fingerprint density at radius 1 is 1.26 bits per heavy atom. The van der Waals surface area contributed by atoms with Gasteiger partial charge < -0.3 is 14.6 Å². The van der Waals surface area contributed by atoms with Gasteiger partial charge in [0, 0.05) is 5.38 Å². The van der Waals surface area contributed by atoms with E-state index in [1.807, 2.05) is 0 Å². The normalized spacial score (nSPS) is 11.4. The first-order valence-corrected chi connectivity index (χ1v) is 10.7. The summed E-state index contributed by atoms with van der Waals surface area (Å²) in [6, 6.07) is 8.61. The van der Waals surface area contributed by atoms with Crippen LogP contribution in [0.2, 0.25) is 0 Å². The predicted octanol–water partition coefficient (Wildman–Crippen LogP) is 4.02. The quantitative estimate of drug-likeness (QED) is 0.395. The number of halogens is 3. The lowest BCUT2D eigenvalue weighted by atomic mass is 10.2. The summed E-state index contributed by atoms with van der Waals surface area (Å²) in [6.45, 7) is -1.22. The molecule has 31 heavy (non-hydrogen) atoms. The van der Waals surface area contributed by atoms with Crippen molar-refractivity contribution in [1.82, 2.24) is 14.5 Å². The number of thioether (sulfide) groups is 1. The molecule has 0 bridgehead atoms.